The Hall–Kier alpha value is -3.83. The second kappa shape index (κ2) is 20.1. The van der Waals surface area contributed by atoms with Crippen molar-refractivity contribution >= 4 is 39.4 Å². The number of aliphatic hydroxyl groups excluding tert-OH is 2. The van der Waals surface area contributed by atoms with Gasteiger partial charge in [-0.05, 0) is 206 Å². The van der Waals surface area contributed by atoms with Gasteiger partial charge in [0.05, 0.1) is 24.2 Å². The number of fused-ring (bicyclic) bond motifs is 2. The van der Waals surface area contributed by atoms with Crippen LogP contribution in [0.4, 0.5) is 0 Å². The van der Waals surface area contributed by atoms with E-state index < -0.39 is 28.1 Å². The van der Waals surface area contributed by atoms with Crippen molar-refractivity contribution in [2.45, 2.75) is 233 Å². The van der Waals surface area contributed by atoms with Crippen molar-refractivity contribution in [2.75, 3.05) is 18.8 Å². The number of hydrogen-bond donors (Lipinski definition) is 5. The molecule has 8 saturated carbocycles. The first-order chi connectivity index (χ1) is 39.7. The fraction of sp³-hybridized carbons (Fsp3) is 0.725. The Morgan fingerprint density at radius 2 is 1.71 bits per heavy atom. The van der Waals surface area contributed by atoms with E-state index in [0.29, 0.717) is 86.1 Å². The summed E-state index contributed by atoms with van der Waals surface area (Å²) in [4.78, 5) is 36.0. The van der Waals surface area contributed by atoms with Crippen LogP contribution in [0.1, 0.15) is 214 Å². The summed E-state index contributed by atoms with van der Waals surface area (Å²) in [6.45, 7) is 2.63. The van der Waals surface area contributed by atoms with Crippen molar-refractivity contribution in [3.8, 4) is 23.3 Å². The lowest BCUT2D eigenvalue weighted by Gasteiger charge is -2.57. The van der Waals surface area contributed by atoms with Crippen LogP contribution in [0.25, 0.3) is 0 Å². The van der Waals surface area contributed by atoms with Gasteiger partial charge in [0.25, 0.3) is 0 Å². The molecule has 11 nitrogen and oxygen atoms in total. The normalized spacial score (nSPS) is 45.5. The van der Waals surface area contributed by atoms with E-state index in [1.165, 1.54) is 18.9 Å². The number of nitrogens with zero attached hydrogens (tertiary/aromatic N) is 2. The van der Waals surface area contributed by atoms with Gasteiger partial charge >= 0.3 is 5.97 Å². The zero-order valence-electron chi connectivity index (χ0n) is 48.7. The van der Waals surface area contributed by atoms with Gasteiger partial charge in [-0.3, -0.25) is 14.6 Å². The highest BCUT2D eigenvalue weighted by Gasteiger charge is 2.67. The summed E-state index contributed by atoms with van der Waals surface area (Å²) in [6.07, 6.45) is 30.0. The van der Waals surface area contributed by atoms with Gasteiger partial charge in [0, 0.05) is 84.2 Å². The Morgan fingerprint density at radius 1 is 0.866 bits per heavy atom. The predicted molar refractivity (Wildman–Crippen MR) is 323 cm³/mol. The molecule has 7 aliphatic heterocycles. The molecule has 6 N–H and O–H groups in total. The number of aliphatic hydroxyl groups is 2. The molecule has 0 unspecified atom stereocenters. The number of rotatable bonds is 2. The Labute approximate surface area is 495 Å². The van der Waals surface area contributed by atoms with Crippen molar-refractivity contribution in [1.82, 2.24) is 10.2 Å². The highest BCUT2D eigenvalue weighted by Crippen LogP contribution is 2.72. The monoisotopic (exact) mass is 1150 g/mol. The van der Waals surface area contributed by atoms with E-state index in [4.69, 9.17) is 20.2 Å². The third-order valence-electron chi connectivity index (χ3n) is 26.3. The molecule has 1 saturated heterocycles. The Morgan fingerprint density at radius 3 is 2.55 bits per heavy atom. The molecule has 0 aromatic heterocycles. The minimum absolute atomic E-state index is 0.000337. The van der Waals surface area contributed by atoms with Gasteiger partial charge in [-0.25, -0.2) is 0 Å². The summed E-state index contributed by atoms with van der Waals surface area (Å²) in [6, 6.07) is 13.0. The second-order valence-electron chi connectivity index (χ2n) is 29.6. The number of carbonyl (C=O) groups is 2. The summed E-state index contributed by atoms with van der Waals surface area (Å²) < 4.78 is 13.9. The number of allylic oxidation sites excluding steroid dienone is 1. The fourth-order valence-corrected chi connectivity index (χ4v) is 26.6. The number of nitrogens with one attached hydrogen (secondary N) is 1. The molecule has 0 radical (unpaired) electrons. The molecule has 17 atom stereocenters. The number of benzene rings is 2. The smallest absolute Gasteiger partial charge is 0.303 e. The number of amides is 1. The van der Waals surface area contributed by atoms with Gasteiger partial charge in [-0.2, -0.15) is 0 Å². The first-order valence-corrected chi connectivity index (χ1v) is 35.0. The van der Waals surface area contributed by atoms with Crippen LogP contribution in [-0.2, 0) is 27.3 Å². The molecular formula is C69H90N4O7S2. The van der Waals surface area contributed by atoms with E-state index >= 15 is 4.79 Å². The quantitative estimate of drug-likeness (QED) is 0.0840. The van der Waals surface area contributed by atoms with Crippen LogP contribution in [-0.4, -0.2) is 85.2 Å². The third kappa shape index (κ3) is 8.27. The molecule has 82 heavy (non-hydrogen) atoms. The van der Waals surface area contributed by atoms with Gasteiger partial charge in [-0.15, -0.1) is 5.92 Å². The predicted octanol–water partition coefficient (Wildman–Crippen LogP) is 12.5. The number of phenolic OH excluding ortho intramolecular Hbond substituents is 1. The first kappa shape index (κ1) is 54.8. The molecule has 14 bridgehead atoms. The minimum Gasteiger partial charge on any atom is -0.504 e. The van der Waals surface area contributed by atoms with Crippen molar-refractivity contribution in [1.29, 1.82) is 0 Å². The molecule has 13 heteroatoms. The van der Waals surface area contributed by atoms with Gasteiger partial charge in [-0.1, -0.05) is 76.8 Å². The highest BCUT2D eigenvalue weighted by atomic mass is 33.1. The number of hydrogen-bond acceptors (Lipinski definition) is 12. The SMILES string of the molecule is CC(=O)O[C@@]12CCc3cc(c(O)c4c3[C@H]3C=C[C@@]5(CCC[C@H]5C3)O4)CN3C[C@@]4(CC3=O)[C@H](c3ccccc3)CC[C@@]43C#CC[C@@H]4CC[C@@]5(CCC[C@]5(NC(N)=NC3)SSC[C@H]3CC[C@@H](C[C@@]35CCC[C@@]53CCC[C@@H]3O)[C@@H](CC1)[C@H](O)C2)C4. The molecule has 9 fully saturated rings. The number of aryl methyl sites for hydroxylation is 1. The maximum absolute atomic E-state index is 15.4. The lowest BCUT2D eigenvalue weighted by atomic mass is 9.49. The number of ether oxygens (including phenoxy) is 2. The Bertz CT molecular complexity index is 3010. The van der Waals surface area contributed by atoms with Crippen LogP contribution < -0.4 is 15.8 Å². The van der Waals surface area contributed by atoms with E-state index in [2.05, 4.69) is 87.3 Å². The van der Waals surface area contributed by atoms with Crippen LogP contribution in [0.5, 0.6) is 11.5 Å². The van der Waals surface area contributed by atoms with Crippen molar-refractivity contribution < 1.29 is 34.4 Å². The molecule has 440 valence electrons. The molecule has 7 spiro atoms. The van der Waals surface area contributed by atoms with Gasteiger partial charge in [0.15, 0.2) is 17.5 Å². The molecule has 16 aliphatic rings. The lowest BCUT2D eigenvalue weighted by Crippen LogP contribution is -2.56. The van der Waals surface area contributed by atoms with E-state index in [1.807, 2.05) is 4.90 Å². The number of aromatic hydroxyl groups is 1. The summed E-state index contributed by atoms with van der Waals surface area (Å²) >= 11 is 0. The fourth-order valence-electron chi connectivity index (χ4n) is 22.6. The lowest BCUT2D eigenvalue weighted by molar-refractivity contribution is -0.173. The van der Waals surface area contributed by atoms with E-state index in [9.17, 15) is 20.1 Å². The summed E-state index contributed by atoms with van der Waals surface area (Å²) in [5.74, 6) is 11.7. The van der Waals surface area contributed by atoms with Crippen molar-refractivity contribution in [3.05, 3.63) is 70.8 Å². The van der Waals surface area contributed by atoms with E-state index in [1.54, 1.807) is 0 Å². The number of nitrogens with two attached hydrogens (primary N) is 1. The van der Waals surface area contributed by atoms with E-state index in [0.717, 1.165) is 158 Å². The summed E-state index contributed by atoms with van der Waals surface area (Å²) in [5.41, 5.74) is 8.83. The molecule has 18 rings (SSSR count). The number of guanidine groups is 1. The van der Waals surface area contributed by atoms with Gasteiger partial charge in [0.2, 0.25) is 5.91 Å². The Balaban J connectivity index is 0.864. The van der Waals surface area contributed by atoms with E-state index in [-0.39, 0.29) is 69.1 Å². The van der Waals surface area contributed by atoms with Crippen LogP contribution in [0.15, 0.2) is 53.5 Å². The molecule has 2 aromatic carbocycles. The summed E-state index contributed by atoms with van der Waals surface area (Å²) in [5, 5.41) is 42.1. The highest BCUT2D eigenvalue weighted by molar-refractivity contribution is 8.77. The first-order valence-electron chi connectivity index (χ1n) is 32.7. The number of aliphatic imine (C=N–C) groups is 1. The maximum Gasteiger partial charge on any atom is 0.303 e. The summed E-state index contributed by atoms with van der Waals surface area (Å²) in [7, 11) is 4.14. The zero-order valence-corrected chi connectivity index (χ0v) is 50.3. The van der Waals surface area contributed by atoms with Crippen LogP contribution in [0, 0.1) is 68.5 Å². The van der Waals surface area contributed by atoms with Crippen molar-refractivity contribution in [3.63, 3.8) is 0 Å². The average Bonchev–Trinajstić information content (AvgIpc) is 4.46. The molecule has 2 aromatic rings. The van der Waals surface area contributed by atoms with Crippen LogP contribution in [0.2, 0.25) is 0 Å². The standard InChI is InChI=1S/C69H90N4O7S2/c1-44(74)79-64-31-18-47-34-50(59(78)60-58(47)48-19-33-68(80-60)27-6-13-51(68)35-48)40-73-43-67(39-57(73)77)54(46-11-3-2-4-12-46)21-30-63(67)22-5-10-45-17-29-62(36-45)23-8-28-69(62,72-61(70)71-42-63)82-81-41-52-16-15-49(53(20-32-64)55(75)38-64)37-66(52)26-9-25-65(66)24-7-14-56(65)76/h2-4,11-12,19,33-34,45,48-49,51-56,75-76,78H,6-10,13-18,20-21,23-32,35-43H2,1H3,(H3,70,71,72)/t45-,48+,49+,51+,52-,53-,54+,55-,56+,62+,63-,64+,65-,66+,67+,68-,69+/m1/s1. The van der Waals surface area contributed by atoms with Crippen LogP contribution in [0.3, 0.4) is 0 Å². The van der Waals surface area contributed by atoms with Crippen molar-refractivity contribution in [2.24, 2.45) is 67.4 Å². The molecular weight excluding hydrogens is 1060 g/mol. The average molecular weight is 1150 g/mol. The molecule has 9 aliphatic carbocycles. The maximum atomic E-state index is 15.4. The van der Waals surface area contributed by atoms with Gasteiger partial charge in [0.1, 0.15) is 16.1 Å². The van der Waals surface area contributed by atoms with Crippen LogP contribution >= 0.6 is 21.6 Å². The Kier molecular flexibility index (Phi) is 13.4. The number of carbonyl (C=O) groups excluding carboxylic acids is 2. The topological polar surface area (TPSA) is 167 Å². The minimum atomic E-state index is -0.864. The third-order valence-corrected chi connectivity index (χ3v) is 29.6. The van der Waals surface area contributed by atoms with Gasteiger partial charge < -0.3 is 40.7 Å². The second-order valence-corrected chi connectivity index (χ2v) is 32.3. The molecule has 1 amide bonds. The number of phenols is 1. The number of esters is 1. The largest absolute Gasteiger partial charge is 0.504 e. The molecule has 7 heterocycles. The zero-order chi connectivity index (χ0) is 55.9.